The molecule has 144 valence electrons. The van der Waals surface area contributed by atoms with Crippen LogP contribution in [0, 0.1) is 6.92 Å². The van der Waals surface area contributed by atoms with Crippen molar-refractivity contribution < 1.29 is 4.79 Å². The van der Waals surface area contributed by atoms with E-state index in [1.54, 1.807) is 12.5 Å². The van der Waals surface area contributed by atoms with E-state index in [-0.39, 0.29) is 5.91 Å². The number of anilines is 1. The van der Waals surface area contributed by atoms with Crippen LogP contribution in [0.5, 0.6) is 0 Å². The van der Waals surface area contributed by atoms with Crippen LogP contribution in [0.1, 0.15) is 21.5 Å². The van der Waals surface area contributed by atoms with Crippen molar-refractivity contribution in [2.75, 3.05) is 29.9 Å². The highest BCUT2D eigenvalue weighted by atomic mass is 32.2. The van der Waals surface area contributed by atoms with E-state index in [1.165, 1.54) is 17.1 Å². The lowest BCUT2D eigenvalue weighted by Crippen LogP contribution is -2.31. The molecule has 0 atom stereocenters. The summed E-state index contributed by atoms with van der Waals surface area (Å²) in [5.74, 6) is 2.28. The smallest absolute Gasteiger partial charge is 0.257 e. The van der Waals surface area contributed by atoms with Crippen molar-refractivity contribution in [3.63, 3.8) is 0 Å². The van der Waals surface area contributed by atoms with Gasteiger partial charge in [0.15, 0.2) is 0 Å². The number of imidazole rings is 1. The highest BCUT2D eigenvalue weighted by Gasteiger charge is 2.15. The standard InChI is InChI=1S/C22H24N4OS/c1-17-5-6-21(26-8-7-23-16-26)20(13-17)22(27)24-19-4-2-3-18(14-19)15-25-9-11-28-12-10-25/h2-8,13-14,16H,9-12,15H2,1H3,(H,24,27). The normalized spacial score (nSPS) is 14.8. The summed E-state index contributed by atoms with van der Waals surface area (Å²) in [6, 6.07) is 14.0. The van der Waals surface area contributed by atoms with Crippen LogP contribution in [0.2, 0.25) is 0 Å². The summed E-state index contributed by atoms with van der Waals surface area (Å²) in [7, 11) is 0. The van der Waals surface area contributed by atoms with Gasteiger partial charge >= 0.3 is 0 Å². The van der Waals surface area contributed by atoms with Gasteiger partial charge in [-0.1, -0.05) is 23.8 Å². The van der Waals surface area contributed by atoms with Crippen molar-refractivity contribution in [2.45, 2.75) is 13.5 Å². The molecule has 0 bridgehead atoms. The highest BCUT2D eigenvalue weighted by Crippen LogP contribution is 2.20. The maximum absolute atomic E-state index is 13.0. The van der Waals surface area contributed by atoms with E-state index in [9.17, 15) is 4.79 Å². The summed E-state index contributed by atoms with van der Waals surface area (Å²) in [5.41, 5.74) is 4.56. The fourth-order valence-corrected chi connectivity index (χ4v) is 4.40. The molecule has 1 aliphatic heterocycles. The molecule has 1 aliphatic rings. The lowest BCUT2D eigenvalue weighted by Gasteiger charge is -2.26. The van der Waals surface area contributed by atoms with E-state index in [0.29, 0.717) is 5.56 Å². The van der Waals surface area contributed by atoms with Crippen molar-refractivity contribution in [2.24, 2.45) is 0 Å². The van der Waals surface area contributed by atoms with E-state index in [1.807, 2.05) is 59.8 Å². The second-order valence-electron chi connectivity index (χ2n) is 7.03. The Kier molecular flexibility index (Phi) is 5.78. The average molecular weight is 393 g/mol. The number of benzene rings is 2. The molecular formula is C22H24N4OS. The zero-order chi connectivity index (χ0) is 19.3. The number of rotatable bonds is 5. The Morgan fingerprint density at radius 1 is 1.18 bits per heavy atom. The van der Waals surface area contributed by atoms with Gasteiger partial charge in [-0.2, -0.15) is 11.8 Å². The maximum Gasteiger partial charge on any atom is 0.257 e. The van der Waals surface area contributed by atoms with Gasteiger partial charge in [0.25, 0.3) is 5.91 Å². The van der Waals surface area contributed by atoms with E-state index in [0.717, 1.165) is 36.6 Å². The van der Waals surface area contributed by atoms with Crippen molar-refractivity contribution in [1.82, 2.24) is 14.5 Å². The predicted molar refractivity (Wildman–Crippen MR) is 115 cm³/mol. The molecule has 0 saturated carbocycles. The van der Waals surface area contributed by atoms with Gasteiger partial charge in [-0.15, -0.1) is 0 Å². The molecule has 2 heterocycles. The maximum atomic E-state index is 13.0. The second kappa shape index (κ2) is 8.63. The number of amides is 1. The number of nitrogens with zero attached hydrogens (tertiary/aromatic N) is 3. The number of aryl methyl sites for hydroxylation is 1. The van der Waals surface area contributed by atoms with Crippen molar-refractivity contribution >= 4 is 23.4 Å². The summed E-state index contributed by atoms with van der Waals surface area (Å²) in [6.07, 6.45) is 5.27. The van der Waals surface area contributed by atoms with Crippen LogP contribution in [0.3, 0.4) is 0 Å². The van der Waals surface area contributed by atoms with E-state index in [2.05, 4.69) is 27.3 Å². The second-order valence-corrected chi connectivity index (χ2v) is 8.26. The number of carbonyl (C=O) groups is 1. The topological polar surface area (TPSA) is 50.2 Å². The summed E-state index contributed by atoms with van der Waals surface area (Å²) in [4.78, 5) is 19.6. The fraction of sp³-hybridized carbons (Fsp3) is 0.273. The van der Waals surface area contributed by atoms with E-state index < -0.39 is 0 Å². The number of nitrogens with one attached hydrogen (secondary N) is 1. The van der Waals surface area contributed by atoms with Gasteiger partial charge in [0, 0.05) is 49.2 Å². The molecule has 0 aliphatic carbocycles. The number of thioether (sulfide) groups is 1. The Morgan fingerprint density at radius 3 is 2.82 bits per heavy atom. The van der Waals surface area contributed by atoms with Gasteiger partial charge in [0.05, 0.1) is 17.6 Å². The average Bonchev–Trinajstić information content (AvgIpc) is 3.23. The van der Waals surface area contributed by atoms with Gasteiger partial charge in [0.1, 0.15) is 0 Å². The Hall–Kier alpha value is -2.57. The first-order valence-corrected chi connectivity index (χ1v) is 10.6. The minimum Gasteiger partial charge on any atom is -0.322 e. The molecular weight excluding hydrogens is 368 g/mol. The van der Waals surface area contributed by atoms with Gasteiger partial charge in [0.2, 0.25) is 0 Å². The Morgan fingerprint density at radius 2 is 2.04 bits per heavy atom. The third-order valence-electron chi connectivity index (χ3n) is 4.87. The molecule has 0 spiro atoms. The fourth-order valence-electron chi connectivity index (χ4n) is 3.42. The summed E-state index contributed by atoms with van der Waals surface area (Å²) in [5, 5.41) is 3.07. The Balaban J connectivity index is 1.53. The van der Waals surface area contributed by atoms with Crippen LogP contribution in [0.25, 0.3) is 5.69 Å². The molecule has 1 aromatic heterocycles. The third-order valence-corrected chi connectivity index (χ3v) is 5.82. The largest absolute Gasteiger partial charge is 0.322 e. The van der Waals surface area contributed by atoms with E-state index in [4.69, 9.17) is 0 Å². The molecule has 5 nitrogen and oxygen atoms in total. The molecule has 3 aromatic rings. The Labute approximate surface area is 169 Å². The van der Waals surface area contributed by atoms with Crippen molar-refractivity contribution in [3.05, 3.63) is 77.9 Å². The summed E-state index contributed by atoms with van der Waals surface area (Å²) in [6.45, 7) is 5.17. The lowest BCUT2D eigenvalue weighted by molar-refractivity contribution is 0.102. The molecule has 28 heavy (non-hydrogen) atoms. The molecule has 1 fully saturated rings. The molecule has 1 amide bonds. The van der Waals surface area contributed by atoms with Gasteiger partial charge in [-0.3, -0.25) is 9.69 Å². The van der Waals surface area contributed by atoms with Gasteiger partial charge < -0.3 is 9.88 Å². The number of carbonyl (C=O) groups excluding carboxylic acids is 1. The molecule has 0 unspecified atom stereocenters. The molecule has 4 rings (SSSR count). The van der Waals surface area contributed by atoms with Crippen LogP contribution >= 0.6 is 11.8 Å². The van der Waals surface area contributed by atoms with Crippen LogP contribution in [0.15, 0.2) is 61.2 Å². The first-order chi connectivity index (χ1) is 13.7. The summed E-state index contributed by atoms with van der Waals surface area (Å²) < 4.78 is 1.86. The predicted octanol–water partition coefficient (Wildman–Crippen LogP) is 3.98. The Bertz CT molecular complexity index is 949. The minimum absolute atomic E-state index is 0.112. The summed E-state index contributed by atoms with van der Waals surface area (Å²) >= 11 is 2.01. The number of aromatic nitrogens is 2. The molecule has 1 saturated heterocycles. The van der Waals surface area contributed by atoms with Crippen molar-refractivity contribution in [3.8, 4) is 5.69 Å². The first-order valence-electron chi connectivity index (χ1n) is 9.48. The van der Waals surface area contributed by atoms with Crippen LogP contribution in [-0.4, -0.2) is 45.0 Å². The number of hydrogen-bond donors (Lipinski definition) is 1. The van der Waals surface area contributed by atoms with Crippen molar-refractivity contribution in [1.29, 1.82) is 0 Å². The molecule has 1 N–H and O–H groups in total. The van der Waals surface area contributed by atoms with Gasteiger partial charge in [-0.05, 0) is 36.8 Å². The van der Waals surface area contributed by atoms with Crippen LogP contribution < -0.4 is 5.32 Å². The monoisotopic (exact) mass is 392 g/mol. The van der Waals surface area contributed by atoms with Crippen LogP contribution in [-0.2, 0) is 6.54 Å². The third kappa shape index (κ3) is 4.46. The van der Waals surface area contributed by atoms with E-state index >= 15 is 0 Å². The van der Waals surface area contributed by atoms with Crippen LogP contribution in [0.4, 0.5) is 5.69 Å². The SMILES string of the molecule is Cc1ccc(-n2ccnc2)c(C(=O)Nc2cccc(CN3CCSCC3)c2)c1. The zero-order valence-electron chi connectivity index (χ0n) is 16.0. The van der Waals surface area contributed by atoms with Gasteiger partial charge in [-0.25, -0.2) is 4.98 Å². The molecule has 2 aromatic carbocycles. The molecule has 6 heteroatoms. The minimum atomic E-state index is -0.112. The number of hydrogen-bond acceptors (Lipinski definition) is 4. The lowest BCUT2D eigenvalue weighted by atomic mass is 10.1. The first kappa shape index (κ1) is 18.8. The quantitative estimate of drug-likeness (QED) is 0.714. The highest BCUT2D eigenvalue weighted by molar-refractivity contribution is 7.99. The zero-order valence-corrected chi connectivity index (χ0v) is 16.8. The molecule has 0 radical (unpaired) electrons.